The Morgan fingerprint density at radius 2 is 1.86 bits per heavy atom. The van der Waals surface area contributed by atoms with E-state index >= 15 is 0 Å². The number of ether oxygens (including phenoxy) is 2. The molecule has 0 saturated carbocycles. The van der Waals surface area contributed by atoms with Crippen LogP contribution in [-0.4, -0.2) is 23.7 Å². The first-order valence-corrected chi connectivity index (χ1v) is 9.30. The highest BCUT2D eigenvalue weighted by atomic mass is 16.6. The van der Waals surface area contributed by atoms with Gasteiger partial charge in [-0.2, -0.15) is 0 Å². The van der Waals surface area contributed by atoms with E-state index in [-0.39, 0.29) is 24.4 Å². The number of carbonyl (C=O) groups is 1. The number of hydrogen-bond donors (Lipinski definition) is 1. The van der Waals surface area contributed by atoms with Crippen LogP contribution in [0.1, 0.15) is 25.5 Å². The summed E-state index contributed by atoms with van der Waals surface area (Å²) in [5, 5.41) is 3.03. The normalized spacial score (nSPS) is 14.2. The molecule has 7 nitrogen and oxygen atoms in total. The second-order valence-corrected chi connectivity index (χ2v) is 7.11. The SMILES string of the molecule is CC(C)C(NC(=O)Cn1c(=O)oc2ccccc21)c1ccc2c(c1)OCCO2. The molecule has 4 rings (SSSR count). The van der Waals surface area contributed by atoms with Crippen LogP contribution in [0.15, 0.2) is 51.7 Å². The standard InChI is InChI=1S/C21H22N2O5/c1-13(2)20(14-7-8-17-18(11-14)27-10-9-26-17)22-19(24)12-23-15-5-3-4-6-16(15)28-21(23)25/h3-8,11,13,20H,9-10,12H2,1-2H3,(H,22,24). The molecule has 0 saturated heterocycles. The smallest absolute Gasteiger partial charge is 0.420 e. The van der Waals surface area contributed by atoms with E-state index < -0.39 is 5.76 Å². The van der Waals surface area contributed by atoms with E-state index in [9.17, 15) is 9.59 Å². The van der Waals surface area contributed by atoms with Gasteiger partial charge in [-0.05, 0) is 35.7 Å². The van der Waals surface area contributed by atoms with Crippen LogP contribution in [-0.2, 0) is 11.3 Å². The third-order valence-electron chi connectivity index (χ3n) is 4.78. The molecule has 0 fully saturated rings. The van der Waals surface area contributed by atoms with Gasteiger partial charge in [-0.15, -0.1) is 0 Å². The Hall–Kier alpha value is -3.22. The van der Waals surface area contributed by atoms with Crippen molar-refractivity contribution in [1.82, 2.24) is 9.88 Å². The molecule has 28 heavy (non-hydrogen) atoms. The average molecular weight is 382 g/mol. The van der Waals surface area contributed by atoms with E-state index in [1.807, 2.05) is 32.0 Å². The van der Waals surface area contributed by atoms with Gasteiger partial charge in [-0.25, -0.2) is 4.79 Å². The molecular formula is C21H22N2O5. The van der Waals surface area contributed by atoms with Crippen molar-refractivity contribution in [2.45, 2.75) is 26.4 Å². The van der Waals surface area contributed by atoms with Crippen molar-refractivity contribution in [3.05, 3.63) is 58.6 Å². The Kier molecular flexibility index (Phi) is 4.81. The van der Waals surface area contributed by atoms with Gasteiger partial charge in [0.05, 0.1) is 11.6 Å². The summed E-state index contributed by atoms with van der Waals surface area (Å²) in [5.41, 5.74) is 1.99. The highest BCUT2D eigenvalue weighted by Crippen LogP contribution is 2.34. The van der Waals surface area contributed by atoms with Crippen molar-refractivity contribution >= 4 is 17.0 Å². The summed E-state index contributed by atoms with van der Waals surface area (Å²) in [6.45, 7) is 4.99. The van der Waals surface area contributed by atoms with Crippen LogP contribution in [0.4, 0.5) is 0 Å². The molecule has 1 aliphatic rings. The van der Waals surface area contributed by atoms with Crippen LogP contribution in [0.25, 0.3) is 11.1 Å². The maximum absolute atomic E-state index is 12.7. The lowest BCUT2D eigenvalue weighted by molar-refractivity contribution is -0.122. The number of amides is 1. The second kappa shape index (κ2) is 7.42. The lowest BCUT2D eigenvalue weighted by atomic mass is 9.95. The fraction of sp³-hybridized carbons (Fsp3) is 0.333. The summed E-state index contributed by atoms with van der Waals surface area (Å²) in [5.74, 6) is 0.726. The number of hydrogen-bond acceptors (Lipinski definition) is 5. The van der Waals surface area contributed by atoms with Crippen molar-refractivity contribution in [3.8, 4) is 11.5 Å². The quantitative estimate of drug-likeness (QED) is 0.734. The molecule has 1 aromatic heterocycles. The highest BCUT2D eigenvalue weighted by molar-refractivity contribution is 5.79. The van der Waals surface area contributed by atoms with Gasteiger partial charge in [0.25, 0.3) is 0 Å². The number of fused-ring (bicyclic) bond motifs is 2. The first-order valence-electron chi connectivity index (χ1n) is 9.30. The van der Waals surface area contributed by atoms with Gasteiger partial charge in [-0.3, -0.25) is 9.36 Å². The Balaban J connectivity index is 1.56. The number of oxazole rings is 1. The summed E-state index contributed by atoms with van der Waals surface area (Å²) in [4.78, 5) is 24.8. The first-order chi connectivity index (χ1) is 13.5. The van der Waals surface area contributed by atoms with Crippen molar-refractivity contribution in [2.24, 2.45) is 5.92 Å². The van der Waals surface area contributed by atoms with Gasteiger partial charge in [0.2, 0.25) is 5.91 Å². The van der Waals surface area contributed by atoms with Gasteiger partial charge in [-0.1, -0.05) is 32.0 Å². The average Bonchev–Trinajstić information content (AvgIpc) is 3.01. The molecule has 1 aliphatic heterocycles. The van der Waals surface area contributed by atoms with Crippen molar-refractivity contribution in [3.63, 3.8) is 0 Å². The van der Waals surface area contributed by atoms with E-state index in [0.717, 1.165) is 5.56 Å². The van der Waals surface area contributed by atoms with Crippen LogP contribution in [0.3, 0.4) is 0 Å². The van der Waals surface area contributed by atoms with Crippen molar-refractivity contribution in [1.29, 1.82) is 0 Å². The molecule has 146 valence electrons. The highest BCUT2D eigenvalue weighted by Gasteiger charge is 2.22. The van der Waals surface area contributed by atoms with Gasteiger partial charge in [0.1, 0.15) is 19.8 Å². The maximum Gasteiger partial charge on any atom is 0.420 e. The monoisotopic (exact) mass is 382 g/mol. The van der Waals surface area contributed by atoms with Crippen LogP contribution in [0, 0.1) is 5.92 Å². The summed E-state index contributed by atoms with van der Waals surface area (Å²) in [6.07, 6.45) is 0. The van der Waals surface area contributed by atoms with Crippen LogP contribution >= 0.6 is 0 Å². The molecule has 1 N–H and O–H groups in total. The fourth-order valence-corrected chi connectivity index (χ4v) is 3.41. The number of carbonyl (C=O) groups excluding carboxylic acids is 1. The number of aromatic nitrogens is 1. The fourth-order valence-electron chi connectivity index (χ4n) is 3.41. The predicted molar refractivity (Wildman–Crippen MR) is 104 cm³/mol. The second-order valence-electron chi connectivity index (χ2n) is 7.11. The molecule has 0 spiro atoms. The summed E-state index contributed by atoms with van der Waals surface area (Å²) >= 11 is 0. The summed E-state index contributed by atoms with van der Waals surface area (Å²) < 4.78 is 17.8. The number of para-hydroxylation sites is 2. The Morgan fingerprint density at radius 3 is 2.64 bits per heavy atom. The van der Waals surface area contributed by atoms with E-state index in [1.54, 1.807) is 24.3 Å². The number of nitrogens with one attached hydrogen (secondary N) is 1. The van der Waals surface area contributed by atoms with Crippen molar-refractivity contribution in [2.75, 3.05) is 13.2 Å². The minimum atomic E-state index is -0.545. The number of nitrogens with zero attached hydrogens (tertiary/aromatic N) is 1. The minimum Gasteiger partial charge on any atom is -0.486 e. The third kappa shape index (κ3) is 3.47. The maximum atomic E-state index is 12.7. The lowest BCUT2D eigenvalue weighted by Gasteiger charge is -2.25. The zero-order valence-corrected chi connectivity index (χ0v) is 15.8. The predicted octanol–water partition coefficient (Wildman–Crippen LogP) is 2.88. The largest absolute Gasteiger partial charge is 0.486 e. The van der Waals surface area contributed by atoms with Gasteiger partial charge in [0, 0.05) is 0 Å². The molecule has 1 unspecified atom stereocenters. The van der Waals surface area contributed by atoms with E-state index in [2.05, 4.69) is 5.32 Å². The minimum absolute atomic E-state index is 0.108. The molecule has 1 atom stereocenters. The molecule has 1 amide bonds. The molecular weight excluding hydrogens is 360 g/mol. The van der Waals surface area contributed by atoms with Gasteiger partial charge in [0.15, 0.2) is 17.1 Å². The van der Waals surface area contributed by atoms with E-state index in [4.69, 9.17) is 13.9 Å². The van der Waals surface area contributed by atoms with E-state index in [1.165, 1.54) is 4.57 Å². The Bertz CT molecular complexity index is 1070. The number of benzene rings is 2. The van der Waals surface area contributed by atoms with E-state index in [0.29, 0.717) is 35.8 Å². The molecule has 0 radical (unpaired) electrons. The van der Waals surface area contributed by atoms with Crippen LogP contribution < -0.4 is 20.5 Å². The van der Waals surface area contributed by atoms with Gasteiger partial charge >= 0.3 is 5.76 Å². The van der Waals surface area contributed by atoms with Gasteiger partial charge < -0.3 is 19.2 Å². The molecule has 7 heteroatoms. The topological polar surface area (TPSA) is 82.7 Å². The summed E-state index contributed by atoms with van der Waals surface area (Å²) in [7, 11) is 0. The lowest BCUT2D eigenvalue weighted by Crippen LogP contribution is -2.36. The molecule has 2 aromatic carbocycles. The van der Waals surface area contributed by atoms with Crippen LogP contribution in [0.2, 0.25) is 0 Å². The Labute approximate surface area is 161 Å². The molecule has 3 aromatic rings. The van der Waals surface area contributed by atoms with Crippen LogP contribution in [0.5, 0.6) is 11.5 Å². The molecule has 0 aliphatic carbocycles. The zero-order chi connectivity index (χ0) is 19.7. The summed E-state index contributed by atoms with van der Waals surface area (Å²) in [6, 6.07) is 12.5. The molecule has 2 heterocycles. The molecule has 0 bridgehead atoms. The Morgan fingerprint density at radius 1 is 1.11 bits per heavy atom. The first kappa shape index (κ1) is 18.2. The third-order valence-corrected chi connectivity index (χ3v) is 4.78. The zero-order valence-electron chi connectivity index (χ0n) is 15.8. The van der Waals surface area contributed by atoms with Crippen molar-refractivity contribution < 1.29 is 18.7 Å². The number of rotatable bonds is 5.